The van der Waals surface area contributed by atoms with Gasteiger partial charge in [-0.05, 0) is 48.5 Å². The molecule has 0 aromatic heterocycles. The molecule has 0 bridgehead atoms. The van der Waals surface area contributed by atoms with Crippen molar-refractivity contribution < 1.29 is 18.3 Å². The average Bonchev–Trinajstić information content (AvgIpc) is 2.93. The summed E-state index contributed by atoms with van der Waals surface area (Å²) < 4.78 is 30.9. The second-order valence-electron chi connectivity index (χ2n) is 5.94. The minimum Gasteiger partial charge on any atom is -0.504 e. The standard InChI is InChI=1S/C17H20O4S/c1-11-8-12-4-3-5-13(12)9-17(11)22(19,20)14-6-7-15(18)16(10-14)21-2/h6-11,17-18H,3-5H2,1-2H3. The number of methoxy groups -OCH3 is 1. The number of ether oxygens (including phenoxy) is 1. The molecule has 0 saturated heterocycles. The summed E-state index contributed by atoms with van der Waals surface area (Å²) in [5.41, 5.74) is 2.49. The maximum atomic E-state index is 13.0. The zero-order chi connectivity index (χ0) is 15.9. The van der Waals surface area contributed by atoms with Crippen LogP contribution in [0.4, 0.5) is 0 Å². The number of sulfone groups is 1. The van der Waals surface area contributed by atoms with Crippen molar-refractivity contribution in [3.63, 3.8) is 0 Å². The van der Waals surface area contributed by atoms with Gasteiger partial charge in [0.25, 0.3) is 0 Å². The number of aromatic hydroxyl groups is 1. The van der Waals surface area contributed by atoms with Crippen LogP contribution in [0.25, 0.3) is 0 Å². The fourth-order valence-electron chi connectivity index (χ4n) is 3.30. The molecule has 2 aliphatic carbocycles. The molecule has 0 heterocycles. The third kappa shape index (κ3) is 2.43. The third-order valence-electron chi connectivity index (χ3n) is 4.49. The topological polar surface area (TPSA) is 63.6 Å². The van der Waals surface area contributed by atoms with Crippen molar-refractivity contribution in [2.75, 3.05) is 7.11 Å². The van der Waals surface area contributed by atoms with Crippen LogP contribution in [-0.2, 0) is 9.84 Å². The summed E-state index contributed by atoms with van der Waals surface area (Å²) in [7, 11) is -2.10. The maximum absolute atomic E-state index is 13.0. The Hall–Kier alpha value is -1.75. The maximum Gasteiger partial charge on any atom is 0.185 e. The summed E-state index contributed by atoms with van der Waals surface area (Å²) in [6.07, 6.45) is 7.13. The van der Waals surface area contributed by atoms with Gasteiger partial charge in [0.1, 0.15) is 0 Å². The molecular weight excluding hydrogens is 300 g/mol. The lowest BCUT2D eigenvalue weighted by Gasteiger charge is -2.24. The van der Waals surface area contributed by atoms with Crippen LogP contribution in [0, 0.1) is 5.92 Å². The Kier molecular flexibility index (Phi) is 3.77. The van der Waals surface area contributed by atoms with Crippen molar-refractivity contribution in [1.82, 2.24) is 0 Å². The van der Waals surface area contributed by atoms with Gasteiger partial charge < -0.3 is 9.84 Å². The van der Waals surface area contributed by atoms with Gasteiger partial charge in [0, 0.05) is 6.07 Å². The Morgan fingerprint density at radius 1 is 1.18 bits per heavy atom. The van der Waals surface area contributed by atoms with Gasteiger partial charge in [-0.1, -0.05) is 19.1 Å². The number of hydrogen-bond acceptors (Lipinski definition) is 4. The number of phenols is 1. The van der Waals surface area contributed by atoms with E-state index in [4.69, 9.17) is 4.74 Å². The second-order valence-corrected chi connectivity index (χ2v) is 8.05. The van der Waals surface area contributed by atoms with Crippen LogP contribution in [0.2, 0.25) is 0 Å². The molecule has 1 aromatic carbocycles. The van der Waals surface area contributed by atoms with Gasteiger partial charge in [-0.15, -0.1) is 0 Å². The largest absolute Gasteiger partial charge is 0.504 e. The summed E-state index contributed by atoms with van der Waals surface area (Å²) in [6.45, 7) is 1.94. The van der Waals surface area contributed by atoms with Crippen molar-refractivity contribution >= 4 is 9.84 Å². The molecule has 2 aliphatic rings. The van der Waals surface area contributed by atoms with Gasteiger partial charge >= 0.3 is 0 Å². The first-order valence-corrected chi connectivity index (χ1v) is 9.01. The first-order chi connectivity index (χ1) is 10.4. The first kappa shape index (κ1) is 15.2. The highest BCUT2D eigenvalue weighted by atomic mass is 32.2. The van der Waals surface area contributed by atoms with Crippen LogP contribution in [0.5, 0.6) is 11.5 Å². The number of fused-ring (bicyclic) bond motifs is 1. The molecule has 3 rings (SSSR count). The Balaban J connectivity index is 2.02. The monoisotopic (exact) mass is 320 g/mol. The fourth-order valence-corrected chi connectivity index (χ4v) is 5.13. The van der Waals surface area contributed by atoms with E-state index in [1.54, 1.807) is 0 Å². The Bertz CT molecular complexity index is 759. The van der Waals surface area contributed by atoms with E-state index in [2.05, 4.69) is 6.08 Å². The van der Waals surface area contributed by atoms with E-state index < -0.39 is 15.1 Å². The Morgan fingerprint density at radius 3 is 2.55 bits per heavy atom. The SMILES string of the molecule is COc1cc(S(=O)(=O)C2C=C3CCCC3=CC2C)ccc1O. The predicted molar refractivity (Wildman–Crippen MR) is 84.8 cm³/mol. The van der Waals surface area contributed by atoms with Gasteiger partial charge in [-0.2, -0.15) is 0 Å². The van der Waals surface area contributed by atoms with Gasteiger partial charge in [0.05, 0.1) is 17.3 Å². The van der Waals surface area contributed by atoms with Gasteiger partial charge in [-0.25, -0.2) is 8.42 Å². The smallest absolute Gasteiger partial charge is 0.185 e. The summed E-state index contributed by atoms with van der Waals surface area (Å²) in [5, 5.41) is 9.09. The third-order valence-corrected chi connectivity index (χ3v) is 6.68. The highest BCUT2D eigenvalue weighted by molar-refractivity contribution is 7.92. The number of rotatable bonds is 3. The lowest BCUT2D eigenvalue weighted by molar-refractivity contribution is 0.372. The molecule has 1 fully saturated rings. The normalized spacial score (nSPS) is 24.5. The van der Waals surface area contributed by atoms with E-state index in [0.29, 0.717) is 0 Å². The van der Waals surface area contributed by atoms with Crippen LogP contribution in [0.1, 0.15) is 26.2 Å². The summed E-state index contributed by atoms with van der Waals surface area (Å²) in [5.74, 6) is 0.0606. The molecule has 0 aliphatic heterocycles. The summed E-state index contributed by atoms with van der Waals surface area (Å²) >= 11 is 0. The average molecular weight is 320 g/mol. The molecule has 0 radical (unpaired) electrons. The summed E-state index contributed by atoms with van der Waals surface area (Å²) in [4.78, 5) is 0.186. The van der Waals surface area contributed by atoms with Crippen LogP contribution < -0.4 is 4.74 Å². The number of allylic oxidation sites excluding steroid dienone is 3. The van der Waals surface area contributed by atoms with E-state index in [1.165, 1.54) is 36.5 Å². The van der Waals surface area contributed by atoms with E-state index in [-0.39, 0.29) is 22.3 Å². The zero-order valence-corrected chi connectivity index (χ0v) is 13.6. The van der Waals surface area contributed by atoms with E-state index >= 15 is 0 Å². The van der Waals surface area contributed by atoms with E-state index in [9.17, 15) is 13.5 Å². The van der Waals surface area contributed by atoms with Crippen LogP contribution in [0.3, 0.4) is 0 Å². The first-order valence-electron chi connectivity index (χ1n) is 7.46. The quantitative estimate of drug-likeness (QED) is 0.928. The lowest BCUT2D eigenvalue weighted by Crippen LogP contribution is -2.28. The minimum atomic E-state index is -3.51. The summed E-state index contributed by atoms with van der Waals surface area (Å²) in [6, 6.07) is 4.19. The highest BCUT2D eigenvalue weighted by Gasteiger charge is 2.34. The van der Waals surface area contributed by atoms with E-state index in [1.807, 2.05) is 13.0 Å². The van der Waals surface area contributed by atoms with E-state index in [0.717, 1.165) is 19.3 Å². The highest BCUT2D eigenvalue weighted by Crippen LogP contribution is 2.39. The molecule has 2 atom stereocenters. The molecule has 1 saturated carbocycles. The van der Waals surface area contributed by atoms with Crippen LogP contribution in [-0.4, -0.2) is 25.9 Å². The second kappa shape index (κ2) is 5.47. The molecule has 1 N–H and O–H groups in total. The molecule has 22 heavy (non-hydrogen) atoms. The predicted octanol–water partition coefficient (Wildman–Crippen LogP) is 3.23. The molecule has 118 valence electrons. The molecule has 0 amide bonds. The molecular formula is C17H20O4S. The zero-order valence-electron chi connectivity index (χ0n) is 12.7. The molecule has 5 heteroatoms. The minimum absolute atomic E-state index is 0.0540. The van der Waals surface area contributed by atoms with Gasteiger partial charge in [0.2, 0.25) is 0 Å². The van der Waals surface area contributed by atoms with Crippen molar-refractivity contribution in [1.29, 1.82) is 0 Å². The number of hydrogen-bond donors (Lipinski definition) is 1. The van der Waals surface area contributed by atoms with Crippen molar-refractivity contribution in [3.05, 3.63) is 41.5 Å². The molecule has 2 unspecified atom stereocenters. The van der Waals surface area contributed by atoms with Crippen molar-refractivity contribution in [3.8, 4) is 11.5 Å². The Labute approximate surface area is 131 Å². The molecule has 1 aromatic rings. The van der Waals surface area contributed by atoms with Gasteiger partial charge in [0.15, 0.2) is 21.3 Å². The van der Waals surface area contributed by atoms with Crippen molar-refractivity contribution in [2.45, 2.75) is 36.3 Å². The van der Waals surface area contributed by atoms with Gasteiger partial charge in [-0.3, -0.25) is 0 Å². The Morgan fingerprint density at radius 2 is 1.86 bits per heavy atom. The fraction of sp³-hybridized carbons (Fsp3) is 0.412. The molecule has 0 spiro atoms. The number of benzene rings is 1. The van der Waals surface area contributed by atoms with Crippen LogP contribution in [0.15, 0.2) is 46.4 Å². The lowest BCUT2D eigenvalue weighted by atomic mass is 9.93. The number of phenolic OH excluding ortho intramolecular Hbond substituents is 1. The molecule has 4 nitrogen and oxygen atoms in total. The van der Waals surface area contributed by atoms with Crippen LogP contribution >= 0.6 is 0 Å². The van der Waals surface area contributed by atoms with Crippen molar-refractivity contribution in [2.24, 2.45) is 5.92 Å².